The van der Waals surface area contributed by atoms with E-state index in [1.54, 1.807) is 6.07 Å². The number of hydrogen-bond donors (Lipinski definition) is 2. The predicted octanol–water partition coefficient (Wildman–Crippen LogP) is 0.531. The second-order valence-electron chi connectivity index (χ2n) is 4.24. The summed E-state index contributed by atoms with van der Waals surface area (Å²) in [7, 11) is -2.54. The molecule has 1 aliphatic carbocycles. The number of carboxylic acid groups (broad SMARTS) is 1. The van der Waals surface area contributed by atoms with E-state index < -0.39 is 21.9 Å². The minimum Gasteiger partial charge on any atom is -0.495 e. The minimum atomic E-state index is -3.88. The van der Waals surface area contributed by atoms with Gasteiger partial charge in [-0.3, -0.25) is 4.79 Å². The number of aliphatic carboxylic acids is 1. The van der Waals surface area contributed by atoms with E-state index in [9.17, 15) is 13.2 Å². The van der Waals surface area contributed by atoms with Gasteiger partial charge in [0, 0.05) is 0 Å². The van der Waals surface area contributed by atoms with Gasteiger partial charge >= 0.3 is 5.97 Å². The monoisotopic (exact) mass is 271 g/mol. The standard InChI is InChI=1S/C11H13NO5S/c1-17-9-3-2-6(4-10(9)18(12,15)16)7-5-8(7)11(13)14/h2-4,7-8H,5H2,1H3,(H,13,14)(H2,12,15,16). The fourth-order valence-electron chi connectivity index (χ4n) is 1.98. The lowest BCUT2D eigenvalue weighted by atomic mass is 10.1. The number of sulfonamides is 1. The normalized spacial score (nSPS) is 22.6. The number of ether oxygens (including phenoxy) is 1. The Hall–Kier alpha value is -1.60. The summed E-state index contributed by atoms with van der Waals surface area (Å²) >= 11 is 0. The number of methoxy groups -OCH3 is 1. The summed E-state index contributed by atoms with van der Waals surface area (Å²) in [6.45, 7) is 0. The molecule has 1 saturated carbocycles. The molecule has 6 nitrogen and oxygen atoms in total. The van der Waals surface area contributed by atoms with Gasteiger partial charge in [0.15, 0.2) is 0 Å². The Morgan fingerprint density at radius 2 is 2.17 bits per heavy atom. The van der Waals surface area contributed by atoms with Crippen molar-refractivity contribution < 1.29 is 23.1 Å². The first-order valence-corrected chi connectivity index (χ1v) is 6.82. The highest BCUT2D eigenvalue weighted by atomic mass is 32.2. The van der Waals surface area contributed by atoms with Gasteiger partial charge in [-0.15, -0.1) is 0 Å². The Morgan fingerprint density at radius 1 is 1.50 bits per heavy atom. The molecule has 0 amide bonds. The van der Waals surface area contributed by atoms with E-state index in [1.165, 1.54) is 19.2 Å². The Balaban J connectivity index is 2.39. The predicted molar refractivity (Wildman–Crippen MR) is 62.9 cm³/mol. The molecule has 0 aliphatic heterocycles. The van der Waals surface area contributed by atoms with Gasteiger partial charge in [0.25, 0.3) is 0 Å². The van der Waals surface area contributed by atoms with Crippen LogP contribution in [-0.4, -0.2) is 26.6 Å². The van der Waals surface area contributed by atoms with E-state index in [2.05, 4.69) is 0 Å². The van der Waals surface area contributed by atoms with Crippen molar-refractivity contribution in [3.8, 4) is 5.75 Å². The van der Waals surface area contributed by atoms with Gasteiger partial charge in [-0.25, -0.2) is 13.6 Å². The van der Waals surface area contributed by atoms with E-state index in [0.29, 0.717) is 12.0 Å². The molecule has 2 atom stereocenters. The molecule has 0 bridgehead atoms. The smallest absolute Gasteiger partial charge is 0.307 e. The van der Waals surface area contributed by atoms with Gasteiger partial charge in [-0.05, 0) is 30.0 Å². The Bertz CT molecular complexity index is 595. The van der Waals surface area contributed by atoms with Crippen molar-refractivity contribution in [3.63, 3.8) is 0 Å². The zero-order valence-corrected chi connectivity index (χ0v) is 10.5. The number of benzene rings is 1. The van der Waals surface area contributed by atoms with Gasteiger partial charge in [-0.2, -0.15) is 0 Å². The highest BCUT2D eigenvalue weighted by molar-refractivity contribution is 7.89. The third kappa shape index (κ3) is 2.32. The first-order chi connectivity index (χ1) is 8.34. The lowest BCUT2D eigenvalue weighted by molar-refractivity contribution is -0.138. The van der Waals surface area contributed by atoms with Crippen molar-refractivity contribution in [1.29, 1.82) is 0 Å². The molecule has 2 rings (SSSR count). The average molecular weight is 271 g/mol. The van der Waals surface area contributed by atoms with Crippen molar-refractivity contribution >= 4 is 16.0 Å². The van der Waals surface area contributed by atoms with Gasteiger partial charge in [-0.1, -0.05) is 6.07 Å². The maximum absolute atomic E-state index is 11.4. The molecule has 1 aromatic rings. The molecule has 3 N–H and O–H groups in total. The molecule has 0 spiro atoms. The molecular weight excluding hydrogens is 258 g/mol. The molecule has 1 aromatic carbocycles. The van der Waals surface area contributed by atoms with Crippen LogP contribution in [0.5, 0.6) is 5.75 Å². The van der Waals surface area contributed by atoms with E-state index >= 15 is 0 Å². The van der Waals surface area contributed by atoms with E-state index in [4.69, 9.17) is 15.0 Å². The number of hydrogen-bond acceptors (Lipinski definition) is 4. The van der Waals surface area contributed by atoms with Gasteiger partial charge in [0.05, 0.1) is 13.0 Å². The van der Waals surface area contributed by atoms with Crippen molar-refractivity contribution in [2.45, 2.75) is 17.2 Å². The largest absolute Gasteiger partial charge is 0.495 e. The van der Waals surface area contributed by atoms with Gasteiger partial charge < -0.3 is 9.84 Å². The summed E-state index contributed by atoms with van der Waals surface area (Å²) in [4.78, 5) is 10.7. The van der Waals surface area contributed by atoms with E-state index in [1.807, 2.05) is 0 Å². The van der Waals surface area contributed by atoms with E-state index in [0.717, 1.165) is 0 Å². The third-order valence-electron chi connectivity index (χ3n) is 3.03. The van der Waals surface area contributed by atoms with Crippen LogP contribution in [0.4, 0.5) is 0 Å². The van der Waals surface area contributed by atoms with Crippen LogP contribution in [-0.2, 0) is 14.8 Å². The maximum Gasteiger partial charge on any atom is 0.307 e. The molecule has 1 aliphatic rings. The second-order valence-corrected chi connectivity index (χ2v) is 5.77. The minimum absolute atomic E-state index is 0.112. The molecule has 18 heavy (non-hydrogen) atoms. The van der Waals surface area contributed by atoms with Crippen LogP contribution in [0.15, 0.2) is 23.1 Å². The van der Waals surface area contributed by atoms with Crippen LogP contribution in [0.1, 0.15) is 17.9 Å². The highest BCUT2D eigenvalue weighted by Crippen LogP contribution is 2.48. The molecule has 0 radical (unpaired) electrons. The first kappa shape index (κ1) is 12.8. The average Bonchev–Trinajstić information content (AvgIpc) is 3.07. The fourth-order valence-corrected chi connectivity index (χ4v) is 2.71. The zero-order valence-electron chi connectivity index (χ0n) is 9.66. The van der Waals surface area contributed by atoms with Crippen molar-refractivity contribution in [1.82, 2.24) is 0 Å². The number of rotatable bonds is 4. The van der Waals surface area contributed by atoms with Gasteiger partial charge in [0.1, 0.15) is 10.6 Å². The van der Waals surface area contributed by atoms with Crippen LogP contribution < -0.4 is 9.88 Å². The summed E-state index contributed by atoms with van der Waals surface area (Å²) in [6.07, 6.45) is 0.520. The Labute approximate surface area is 104 Å². The third-order valence-corrected chi connectivity index (χ3v) is 3.96. The Morgan fingerprint density at radius 3 is 2.61 bits per heavy atom. The number of primary sulfonamides is 1. The Kier molecular flexibility index (Phi) is 3.04. The quantitative estimate of drug-likeness (QED) is 0.830. The van der Waals surface area contributed by atoms with Crippen LogP contribution in [0.3, 0.4) is 0 Å². The van der Waals surface area contributed by atoms with Crippen LogP contribution in [0.25, 0.3) is 0 Å². The molecule has 7 heteroatoms. The molecule has 0 aromatic heterocycles. The summed E-state index contributed by atoms with van der Waals surface area (Å²) < 4.78 is 27.7. The lowest BCUT2D eigenvalue weighted by Gasteiger charge is -2.08. The molecule has 2 unspecified atom stereocenters. The summed E-state index contributed by atoms with van der Waals surface area (Å²) in [5.41, 5.74) is 0.659. The zero-order chi connectivity index (χ0) is 13.5. The van der Waals surface area contributed by atoms with E-state index in [-0.39, 0.29) is 16.6 Å². The number of carbonyl (C=O) groups is 1. The molecule has 0 saturated heterocycles. The number of nitrogens with two attached hydrogens (primary N) is 1. The summed E-state index contributed by atoms with van der Waals surface area (Å²) in [6, 6.07) is 4.55. The summed E-state index contributed by atoms with van der Waals surface area (Å²) in [5, 5.41) is 13.9. The summed E-state index contributed by atoms with van der Waals surface area (Å²) in [5.74, 6) is -1.29. The molecule has 1 fully saturated rings. The van der Waals surface area contributed by atoms with Crippen molar-refractivity contribution in [2.75, 3.05) is 7.11 Å². The highest BCUT2D eigenvalue weighted by Gasteiger charge is 2.44. The molecule has 0 heterocycles. The SMILES string of the molecule is COc1ccc(C2CC2C(=O)O)cc1S(N)(=O)=O. The maximum atomic E-state index is 11.4. The topological polar surface area (TPSA) is 107 Å². The molecular formula is C11H13NO5S. The second kappa shape index (κ2) is 4.25. The van der Waals surface area contributed by atoms with Crippen LogP contribution >= 0.6 is 0 Å². The van der Waals surface area contributed by atoms with Crippen molar-refractivity contribution in [2.24, 2.45) is 11.1 Å². The van der Waals surface area contributed by atoms with Crippen LogP contribution in [0, 0.1) is 5.92 Å². The molecule has 98 valence electrons. The fraction of sp³-hybridized carbons (Fsp3) is 0.364. The van der Waals surface area contributed by atoms with Gasteiger partial charge in [0.2, 0.25) is 10.0 Å². The number of carboxylic acids is 1. The first-order valence-electron chi connectivity index (χ1n) is 5.28. The van der Waals surface area contributed by atoms with Crippen molar-refractivity contribution in [3.05, 3.63) is 23.8 Å². The lowest BCUT2D eigenvalue weighted by Crippen LogP contribution is -2.14. The van der Waals surface area contributed by atoms with Crippen LogP contribution in [0.2, 0.25) is 0 Å².